The average molecular weight is 408 g/mol. The lowest BCUT2D eigenvalue weighted by Gasteiger charge is -2.16. The van der Waals surface area contributed by atoms with Gasteiger partial charge in [-0.25, -0.2) is 4.79 Å². The molecule has 0 aliphatic heterocycles. The molecule has 29 heavy (non-hydrogen) atoms. The number of amides is 3. The van der Waals surface area contributed by atoms with E-state index in [1.54, 1.807) is 18.5 Å². The lowest BCUT2D eigenvalue weighted by molar-refractivity contribution is -0.119. The van der Waals surface area contributed by atoms with E-state index in [0.717, 1.165) is 11.1 Å². The maximum atomic E-state index is 12.8. The molecule has 3 aromatic rings. The van der Waals surface area contributed by atoms with Gasteiger partial charge in [-0.1, -0.05) is 48.2 Å². The molecule has 0 bridgehead atoms. The fourth-order valence-electron chi connectivity index (χ4n) is 2.63. The van der Waals surface area contributed by atoms with Gasteiger partial charge in [-0.3, -0.25) is 19.7 Å². The number of thioether (sulfide) groups is 1. The van der Waals surface area contributed by atoms with Crippen molar-refractivity contribution in [2.24, 2.45) is 0 Å². The third-order valence-electron chi connectivity index (χ3n) is 3.99. The van der Waals surface area contributed by atoms with Crippen LogP contribution >= 0.6 is 11.8 Å². The van der Waals surface area contributed by atoms with Gasteiger partial charge in [-0.15, -0.1) is 16.8 Å². The molecule has 1 aromatic carbocycles. The Morgan fingerprint density at radius 2 is 1.90 bits per heavy atom. The number of pyridine rings is 1. The zero-order chi connectivity index (χ0) is 20.6. The number of rotatable bonds is 7. The average Bonchev–Trinajstić information content (AvgIpc) is 3.15. The summed E-state index contributed by atoms with van der Waals surface area (Å²) in [5.41, 5.74) is 1.60. The number of hydrogen-bond acceptors (Lipinski definition) is 6. The van der Waals surface area contributed by atoms with Crippen molar-refractivity contribution in [3.63, 3.8) is 0 Å². The molecule has 0 spiro atoms. The number of urea groups is 1. The standard InChI is InChI=1S/C20H20N6O2S/c1-3-13-26-17(15-9-11-22-12-10-15)24-25-20(26)29-16(14-7-5-4-6-8-14)18(27)23-19(28)21-2/h3-12,16H,1,13H2,2H3,(H2,21,23,27,28)/t16-/m1/s1. The maximum Gasteiger partial charge on any atom is 0.321 e. The van der Waals surface area contributed by atoms with E-state index in [1.165, 1.54) is 18.8 Å². The molecule has 0 saturated carbocycles. The van der Waals surface area contributed by atoms with Gasteiger partial charge in [0.2, 0.25) is 5.91 Å². The van der Waals surface area contributed by atoms with Gasteiger partial charge in [0.05, 0.1) is 0 Å². The fraction of sp³-hybridized carbons (Fsp3) is 0.150. The number of aromatic nitrogens is 4. The molecule has 0 fully saturated rings. The molecular weight excluding hydrogens is 388 g/mol. The number of benzene rings is 1. The highest BCUT2D eigenvalue weighted by molar-refractivity contribution is 8.00. The number of carbonyl (C=O) groups is 2. The van der Waals surface area contributed by atoms with Gasteiger partial charge in [-0.05, 0) is 17.7 Å². The van der Waals surface area contributed by atoms with Crippen LogP contribution in [0.4, 0.5) is 4.79 Å². The summed E-state index contributed by atoms with van der Waals surface area (Å²) in [5, 5.41) is 13.2. The second-order valence-electron chi connectivity index (χ2n) is 5.92. The zero-order valence-corrected chi connectivity index (χ0v) is 16.6. The number of carbonyl (C=O) groups excluding carboxylic acids is 2. The van der Waals surface area contributed by atoms with Crippen LogP contribution in [0, 0.1) is 0 Å². The molecule has 0 radical (unpaired) electrons. The monoisotopic (exact) mass is 408 g/mol. The van der Waals surface area contributed by atoms with Crippen LogP contribution in [-0.4, -0.2) is 38.7 Å². The molecular formula is C20H20N6O2S. The van der Waals surface area contributed by atoms with Crippen LogP contribution in [0.25, 0.3) is 11.4 Å². The van der Waals surface area contributed by atoms with E-state index >= 15 is 0 Å². The van der Waals surface area contributed by atoms with Gasteiger partial charge in [0, 0.05) is 31.5 Å². The van der Waals surface area contributed by atoms with E-state index in [0.29, 0.717) is 17.5 Å². The first-order valence-electron chi connectivity index (χ1n) is 8.82. The molecule has 0 saturated heterocycles. The minimum absolute atomic E-state index is 0.445. The third kappa shape index (κ3) is 4.88. The molecule has 1 atom stereocenters. The number of nitrogens with zero attached hydrogens (tertiary/aromatic N) is 4. The van der Waals surface area contributed by atoms with E-state index in [-0.39, 0.29) is 0 Å². The van der Waals surface area contributed by atoms with E-state index in [1.807, 2.05) is 47.0 Å². The summed E-state index contributed by atoms with van der Waals surface area (Å²) >= 11 is 1.22. The summed E-state index contributed by atoms with van der Waals surface area (Å²) in [7, 11) is 1.45. The molecule has 9 heteroatoms. The van der Waals surface area contributed by atoms with E-state index in [2.05, 4.69) is 32.4 Å². The molecule has 2 N–H and O–H groups in total. The highest BCUT2D eigenvalue weighted by Gasteiger charge is 2.26. The predicted octanol–water partition coefficient (Wildman–Crippen LogP) is 2.82. The first-order chi connectivity index (χ1) is 14.1. The molecule has 0 aliphatic rings. The Bertz CT molecular complexity index is 991. The summed E-state index contributed by atoms with van der Waals surface area (Å²) in [6.45, 7) is 4.27. The van der Waals surface area contributed by atoms with E-state index < -0.39 is 17.2 Å². The first kappa shape index (κ1) is 20.3. The Hall–Kier alpha value is -3.46. The second kappa shape index (κ2) is 9.65. The number of imide groups is 1. The molecule has 148 valence electrons. The Balaban J connectivity index is 1.97. The first-order valence-corrected chi connectivity index (χ1v) is 9.70. The van der Waals surface area contributed by atoms with Crippen molar-refractivity contribution in [3.8, 4) is 11.4 Å². The van der Waals surface area contributed by atoms with Crippen LogP contribution < -0.4 is 10.6 Å². The number of nitrogens with one attached hydrogen (secondary N) is 2. The van der Waals surface area contributed by atoms with Gasteiger partial charge in [-0.2, -0.15) is 0 Å². The third-order valence-corrected chi connectivity index (χ3v) is 5.23. The normalized spacial score (nSPS) is 11.5. The lowest BCUT2D eigenvalue weighted by Crippen LogP contribution is -2.39. The smallest absolute Gasteiger partial charge is 0.321 e. The maximum absolute atomic E-state index is 12.8. The zero-order valence-electron chi connectivity index (χ0n) is 15.8. The molecule has 0 aliphatic carbocycles. The van der Waals surface area contributed by atoms with Crippen molar-refractivity contribution in [2.75, 3.05) is 7.05 Å². The van der Waals surface area contributed by atoms with Gasteiger partial charge >= 0.3 is 6.03 Å². The van der Waals surface area contributed by atoms with Gasteiger partial charge < -0.3 is 5.32 Å². The quantitative estimate of drug-likeness (QED) is 0.460. The predicted molar refractivity (Wildman–Crippen MR) is 111 cm³/mol. The van der Waals surface area contributed by atoms with Crippen LogP contribution in [0.1, 0.15) is 10.8 Å². The highest BCUT2D eigenvalue weighted by Crippen LogP contribution is 2.36. The lowest BCUT2D eigenvalue weighted by atomic mass is 10.1. The molecule has 3 amide bonds. The van der Waals surface area contributed by atoms with Gasteiger partial charge in [0.25, 0.3) is 0 Å². The van der Waals surface area contributed by atoms with Crippen molar-refractivity contribution in [1.82, 2.24) is 30.4 Å². The van der Waals surface area contributed by atoms with Gasteiger partial charge in [0.15, 0.2) is 11.0 Å². The minimum atomic E-state index is -0.688. The minimum Gasteiger partial charge on any atom is -0.341 e. The molecule has 2 aromatic heterocycles. The van der Waals surface area contributed by atoms with E-state index in [9.17, 15) is 9.59 Å². The molecule has 8 nitrogen and oxygen atoms in total. The summed E-state index contributed by atoms with van der Waals surface area (Å²) < 4.78 is 1.87. The summed E-state index contributed by atoms with van der Waals surface area (Å²) in [4.78, 5) is 28.5. The second-order valence-corrected chi connectivity index (χ2v) is 6.99. The summed E-state index contributed by atoms with van der Waals surface area (Å²) in [6.07, 6.45) is 5.09. The van der Waals surface area contributed by atoms with E-state index in [4.69, 9.17) is 0 Å². The van der Waals surface area contributed by atoms with Crippen molar-refractivity contribution < 1.29 is 9.59 Å². The Kier molecular flexibility index (Phi) is 6.75. The largest absolute Gasteiger partial charge is 0.341 e. The summed E-state index contributed by atoms with van der Waals surface area (Å²) in [5.74, 6) is 0.201. The van der Waals surface area contributed by atoms with Gasteiger partial charge in [0.1, 0.15) is 5.25 Å². The van der Waals surface area contributed by atoms with Crippen LogP contribution in [-0.2, 0) is 11.3 Å². The number of allylic oxidation sites excluding steroid dienone is 1. The fourth-order valence-corrected chi connectivity index (χ4v) is 3.68. The summed E-state index contributed by atoms with van der Waals surface area (Å²) in [6, 6.07) is 12.3. The molecule has 3 rings (SSSR count). The topological polar surface area (TPSA) is 102 Å². The van der Waals surface area contributed by atoms with Crippen LogP contribution in [0.2, 0.25) is 0 Å². The van der Waals surface area contributed by atoms with Crippen LogP contribution in [0.5, 0.6) is 0 Å². The van der Waals surface area contributed by atoms with Crippen molar-refractivity contribution >= 4 is 23.7 Å². The Labute approximate surface area is 172 Å². The molecule has 0 unspecified atom stereocenters. The van der Waals surface area contributed by atoms with Crippen LogP contribution in [0.15, 0.2) is 72.7 Å². The number of hydrogen-bond donors (Lipinski definition) is 2. The van der Waals surface area contributed by atoms with Crippen LogP contribution in [0.3, 0.4) is 0 Å². The molecule has 2 heterocycles. The van der Waals surface area contributed by atoms with Crippen molar-refractivity contribution in [2.45, 2.75) is 17.0 Å². The SMILES string of the molecule is C=CCn1c(S[C@@H](C(=O)NC(=O)NC)c2ccccc2)nnc1-c1ccncc1. The van der Waals surface area contributed by atoms with Crippen molar-refractivity contribution in [1.29, 1.82) is 0 Å². The van der Waals surface area contributed by atoms with Crippen molar-refractivity contribution in [3.05, 3.63) is 73.1 Å². The Morgan fingerprint density at radius 3 is 2.55 bits per heavy atom. The highest BCUT2D eigenvalue weighted by atomic mass is 32.2. The Morgan fingerprint density at radius 1 is 1.17 bits per heavy atom.